The van der Waals surface area contributed by atoms with Crippen LogP contribution in [-0.4, -0.2) is 47.0 Å². The average Bonchev–Trinajstić information content (AvgIpc) is 2.64. The lowest BCUT2D eigenvalue weighted by atomic mass is 10.1. The average molecular weight is 421 g/mol. The Bertz CT molecular complexity index is 784. The van der Waals surface area contributed by atoms with Crippen LogP contribution in [0.3, 0.4) is 0 Å². The Kier molecular flexibility index (Phi) is 8.48. The van der Waals surface area contributed by atoms with E-state index < -0.39 is 51.9 Å². The number of ether oxygens (including phenoxy) is 2. The second-order valence-corrected chi connectivity index (χ2v) is 5.47. The monoisotopic (exact) mass is 421 g/mol. The number of carbonyl (C=O) groups excluding carboxylic acids is 3. The number of nitrogens with zero attached hydrogens (tertiary/aromatic N) is 2. The molecule has 160 valence electrons. The molecule has 1 aromatic rings. The summed E-state index contributed by atoms with van der Waals surface area (Å²) in [5.74, 6) is -3.06. The number of halogens is 3. The molecule has 0 aliphatic carbocycles. The molecule has 0 saturated carbocycles. The lowest BCUT2D eigenvalue weighted by Crippen LogP contribution is -2.43. The zero-order chi connectivity index (χ0) is 22.2. The van der Waals surface area contributed by atoms with Crippen LogP contribution in [0.4, 0.5) is 18.9 Å². The van der Waals surface area contributed by atoms with Crippen LogP contribution in [-0.2, 0) is 25.2 Å². The van der Waals surface area contributed by atoms with Gasteiger partial charge in [0.15, 0.2) is 0 Å². The number of pyridine rings is 1. The third kappa shape index (κ3) is 7.01. The van der Waals surface area contributed by atoms with Crippen molar-refractivity contribution >= 4 is 23.5 Å². The SMILES string of the molecule is CCOC(=O)CC[C@H](NC(=O)c1ncc([N+](=O)[O-])cc1C(F)(F)F)C(=O)OCC. The second-order valence-electron chi connectivity index (χ2n) is 5.47. The van der Waals surface area contributed by atoms with E-state index >= 15 is 0 Å². The summed E-state index contributed by atoms with van der Waals surface area (Å²) in [6.07, 6.45) is -5.23. The molecule has 13 heteroatoms. The Balaban J connectivity index is 3.13. The third-order valence-electron chi connectivity index (χ3n) is 3.42. The van der Waals surface area contributed by atoms with Crippen LogP contribution >= 0.6 is 0 Å². The highest BCUT2D eigenvalue weighted by Gasteiger charge is 2.39. The van der Waals surface area contributed by atoms with Crippen LogP contribution in [0.25, 0.3) is 0 Å². The van der Waals surface area contributed by atoms with E-state index in [4.69, 9.17) is 9.47 Å². The summed E-state index contributed by atoms with van der Waals surface area (Å²) in [6.45, 7) is 3.04. The van der Waals surface area contributed by atoms with Gasteiger partial charge in [0.25, 0.3) is 11.6 Å². The Hall–Kier alpha value is -3.25. The molecule has 29 heavy (non-hydrogen) atoms. The first-order chi connectivity index (χ1) is 13.5. The van der Waals surface area contributed by atoms with Crippen molar-refractivity contribution in [3.63, 3.8) is 0 Å². The van der Waals surface area contributed by atoms with E-state index in [0.717, 1.165) is 0 Å². The number of hydrogen-bond acceptors (Lipinski definition) is 8. The molecule has 0 fully saturated rings. The Morgan fingerprint density at radius 3 is 2.38 bits per heavy atom. The van der Waals surface area contributed by atoms with E-state index in [9.17, 15) is 37.7 Å². The fraction of sp³-hybridized carbons (Fsp3) is 0.500. The molecule has 1 heterocycles. The van der Waals surface area contributed by atoms with E-state index in [-0.39, 0.29) is 32.1 Å². The van der Waals surface area contributed by atoms with Crippen LogP contribution in [0, 0.1) is 10.1 Å². The number of esters is 2. The molecular weight excluding hydrogens is 403 g/mol. The minimum Gasteiger partial charge on any atom is -0.466 e. The van der Waals surface area contributed by atoms with Gasteiger partial charge in [0.1, 0.15) is 17.9 Å². The van der Waals surface area contributed by atoms with Gasteiger partial charge in [0.05, 0.1) is 23.7 Å². The van der Waals surface area contributed by atoms with Gasteiger partial charge in [0, 0.05) is 12.5 Å². The fourth-order valence-electron chi connectivity index (χ4n) is 2.16. The van der Waals surface area contributed by atoms with Gasteiger partial charge < -0.3 is 14.8 Å². The number of amides is 1. The van der Waals surface area contributed by atoms with Gasteiger partial charge in [0.2, 0.25) is 0 Å². The topological polar surface area (TPSA) is 138 Å². The summed E-state index contributed by atoms with van der Waals surface area (Å²) < 4.78 is 49.1. The maximum Gasteiger partial charge on any atom is 0.418 e. The first-order valence-electron chi connectivity index (χ1n) is 8.35. The Labute approximate surface area is 162 Å². The molecule has 0 spiro atoms. The molecule has 0 bridgehead atoms. The minimum atomic E-state index is -5.12. The predicted octanol–water partition coefficient (Wildman–Crippen LogP) is 2.01. The maximum atomic E-state index is 13.2. The van der Waals surface area contributed by atoms with Crippen LogP contribution in [0.15, 0.2) is 12.3 Å². The highest BCUT2D eigenvalue weighted by atomic mass is 19.4. The molecule has 1 N–H and O–H groups in total. The molecule has 0 radical (unpaired) electrons. The van der Waals surface area contributed by atoms with Gasteiger partial charge in [-0.25, -0.2) is 9.78 Å². The number of rotatable bonds is 9. The lowest BCUT2D eigenvalue weighted by molar-refractivity contribution is -0.385. The molecular formula is C16H18F3N3O7. The first kappa shape index (κ1) is 23.8. The molecule has 1 amide bonds. The predicted molar refractivity (Wildman–Crippen MR) is 89.6 cm³/mol. The lowest BCUT2D eigenvalue weighted by Gasteiger charge is -2.18. The Morgan fingerprint density at radius 1 is 1.24 bits per heavy atom. The standard InChI is InChI=1S/C16H18F3N3O7/c1-3-28-12(23)6-5-11(15(25)29-4-2)21-14(24)13-10(16(17,18)19)7-9(8-20-13)22(26)27/h7-8,11H,3-6H2,1-2H3,(H,21,24)/t11-/m0/s1. The van der Waals surface area contributed by atoms with Crippen molar-refractivity contribution in [2.45, 2.75) is 38.9 Å². The largest absolute Gasteiger partial charge is 0.466 e. The van der Waals surface area contributed by atoms with Crippen molar-refractivity contribution in [2.75, 3.05) is 13.2 Å². The highest BCUT2D eigenvalue weighted by molar-refractivity contribution is 5.96. The number of hydrogen-bond donors (Lipinski definition) is 1. The van der Waals surface area contributed by atoms with Gasteiger partial charge in [-0.2, -0.15) is 13.2 Å². The number of aromatic nitrogens is 1. The number of nitro groups is 1. The van der Waals surface area contributed by atoms with E-state index in [1.165, 1.54) is 6.92 Å². The third-order valence-corrected chi connectivity index (χ3v) is 3.42. The fourth-order valence-corrected chi connectivity index (χ4v) is 2.16. The number of carbonyl (C=O) groups is 3. The molecule has 1 aromatic heterocycles. The van der Waals surface area contributed by atoms with Crippen molar-refractivity contribution in [3.8, 4) is 0 Å². The van der Waals surface area contributed by atoms with Gasteiger partial charge in [-0.15, -0.1) is 0 Å². The molecule has 10 nitrogen and oxygen atoms in total. The Morgan fingerprint density at radius 2 is 1.86 bits per heavy atom. The zero-order valence-electron chi connectivity index (χ0n) is 15.4. The molecule has 0 saturated heterocycles. The van der Waals surface area contributed by atoms with Gasteiger partial charge >= 0.3 is 18.1 Å². The maximum absolute atomic E-state index is 13.2. The van der Waals surface area contributed by atoms with Gasteiger partial charge in [-0.3, -0.25) is 19.7 Å². The van der Waals surface area contributed by atoms with Crippen LogP contribution in [0.5, 0.6) is 0 Å². The molecule has 0 unspecified atom stereocenters. The van der Waals surface area contributed by atoms with E-state index in [1.54, 1.807) is 6.92 Å². The summed E-state index contributed by atoms with van der Waals surface area (Å²) in [4.78, 5) is 48.6. The van der Waals surface area contributed by atoms with Gasteiger partial charge in [-0.05, 0) is 20.3 Å². The van der Waals surface area contributed by atoms with Crippen molar-refractivity contribution in [3.05, 3.63) is 33.6 Å². The zero-order valence-corrected chi connectivity index (χ0v) is 15.4. The second kappa shape index (κ2) is 10.3. The normalized spacial score (nSPS) is 12.0. The van der Waals surface area contributed by atoms with Crippen molar-refractivity contribution in [2.24, 2.45) is 0 Å². The van der Waals surface area contributed by atoms with Gasteiger partial charge in [-0.1, -0.05) is 0 Å². The minimum absolute atomic E-state index is 0.0752. The molecule has 1 atom stereocenters. The summed E-state index contributed by atoms with van der Waals surface area (Å²) in [7, 11) is 0. The molecule has 1 rings (SSSR count). The molecule has 0 aliphatic heterocycles. The quantitative estimate of drug-likeness (QED) is 0.363. The first-order valence-corrected chi connectivity index (χ1v) is 8.35. The summed E-state index contributed by atoms with van der Waals surface area (Å²) in [5.41, 5.74) is -3.76. The van der Waals surface area contributed by atoms with Crippen LogP contribution in [0.2, 0.25) is 0 Å². The van der Waals surface area contributed by atoms with Crippen molar-refractivity contribution in [1.82, 2.24) is 10.3 Å². The molecule has 0 aromatic carbocycles. The van der Waals surface area contributed by atoms with Crippen LogP contribution < -0.4 is 5.32 Å². The summed E-state index contributed by atoms with van der Waals surface area (Å²) >= 11 is 0. The summed E-state index contributed by atoms with van der Waals surface area (Å²) in [5, 5.41) is 12.7. The van der Waals surface area contributed by atoms with E-state index in [2.05, 4.69) is 4.98 Å². The smallest absolute Gasteiger partial charge is 0.418 e. The summed E-state index contributed by atoms with van der Waals surface area (Å²) in [6, 6.07) is -1.29. The number of alkyl halides is 3. The van der Waals surface area contributed by atoms with Crippen LogP contribution in [0.1, 0.15) is 42.7 Å². The van der Waals surface area contributed by atoms with Crippen molar-refractivity contribution < 1.29 is 42.0 Å². The van der Waals surface area contributed by atoms with E-state index in [1.807, 2.05) is 5.32 Å². The van der Waals surface area contributed by atoms with Crippen molar-refractivity contribution in [1.29, 1.82) is 0 Å². The highest BCUT2D eigenvalue weighted by Crippen LogP contribution is 2.33. The van der Waals surface area contributed by atoms with E-state index in [0.29, 0.717) is 6.20 Å². The molecule has 0 aliphatic rings. The number of nitrogens with one attached hydrogen (secondary N) is 1.